The molecule has 0 heterocycles. The van der Waals surface area contributed by atoms with Crippen LogP contribution in [0, 0.1) is 0 Å². The van der Waals surface area contributed by atoms with Crippen molar-refractivity contribution in [2.24, 2.45) is 0 Å². The van der Waals surface area contributed by atoms with Gasteiger partial charge in [-0.3, -0.25) is 0 Å². The lowest BCUT2D eigenvalue weighted by atomic mass is 9.72. The Kier molecular flexibility index (Phi) is 10.7. The highest BCUT2D eigenvalue weighted by atomic mass is 16.3. The molecular formula is C66H54O2. The number of phenols is 2. The van der Waals surface area contributed by atoms with Gasteiger partial charge in [0.25, 0.3) is 0 Å². The van der Waals surface area contributed by atoms with E-state index in [2.05, 4.69) is 246 Å². The average molecular weight is 879 g/mol. The summed E-state index contributed by atoms with van der Waals surface area (Å²) in [6.07, 6.45) is 1.19. The second kappa shape index (κ2) is 17.0. The molecule has 0 saturated heterocycles. The summed E-state index contributed by atoms with van der Waals surface area (Å²) < 4.78 is 0. The predicted octanol–water partition coefficient (Wildman–Crippen LogP) is 16.9. The highest BCUT2D eigenvalue weighted by Crippen LogP contribution is 2.45. The zero-order valence-electron chi connectivity index (χ0n) is 39.1. The molecule has 0 atom stereocenters. The third kappa shape index (κ3) is 7.96. The number of aromatic hydroxyl groups is 2. The van der Waals surface area contributed by atoms with Gasteiger partial charge in [0.05, 0.1) is 0 Å². The van der Waals surface area contributed by atoms with Crippen molar-refractivity contribution in [3.63, 3.8) is 0 Å². The Hall–Kier alpha value is -7.94. The first kappa shape index (κ1) is 42.7. The van der Waals surface area contributed by atoms with E-state index in [4.69, 9.17) is 0 Å². The van der Waals surface area contributed by atoms with Crippen LogP contribution < -0.4 is 0 Å². The fourth-order valence-corrected chi connectivity index (χ4v) is 10.3. The molecule has 330 valence electrons. The smallest absolute Gasteiger partial charge is 0.126 e. The summed E-state index contributed by atoms with van der Waals surface area (Å²) in [5.41, 5.74) is 11.5. The van der Waals surface area contributed by atoms with Gasteiger partial charge in [-0.25, -0.2) is 0 Å². The Bertz CT molecular complexity index is 3480. The zero-order valence-corrected chi connectivity index (χ0v) is 39.1. The molecule has 2 nitrogen and oxygen atoms in total. The maximum atomic E-state index is 12.2. The van der Waals surface area contributed by atoms with Crippen LogP contribution in [0.15, 0.2) is 218 Å². The molecule has 2 heteroatoms. The molecule has 0 aliphatic rings. The van der Waals surface area contributed by atoms with Gasteiger partial charge < -0.3 is 10.2 Å². The van der Waals surface area contributed by atoms with Crippen LogP contribution in [0.25, 0.3) is 65.3 Å². The van der Waals surface area contributed by atoms with Gasteiger partial charge >= 0.3 is 0 Å². The van der Waals surface area contributed by atoms with Gasteiger partial charge in [0.2, 0.25) is 0 Å². The van der Waals surface area contributed by atoms with E-state index in [9.17, 15) is 10.2 Å². The number of rotatable bonds is 10. The van der Waals surface area contributed by atoms with Crippen LogP contribution in [-0.2, 0) is 23.7 Å². The van der Waals surface area contributed by atoms with Crippen molar-refractivity contribution < 1.29 is 10.2 Å². The summed E-state index contributed by atoms with van der Waals surface area (Å²) in [5.74, 6) is 0.633. The van der Waals surface area contributed by atoms with Crippen LogP contribution in [0.4, 0.5) is 0 Å². The molecule has 68 heavy (non-hydrogen) atoms. The van der Waals surface area contributed by atoms with Gasteiger partial charge in [-0.05, 0) is 123 Å². The quantitative estimate of drug-likeness (QED) is 0.144. The summed E-state index contributed by atoms with van der Waals surface area (Å²) in [6, 6.07) is 77.8. The third-order valence-corrected chi connectivity index (χ3v) is 14.7. The van der Waals surface area contributed by atoms with Crippen molar-refractivity contribution in [1.82, 2.24) is 0 Å². The molecular weight excluding hydrogens is 825 g/mol. The first-order valence-electron chi connectivity index (χ1n) is 23.8. The summed E-state index contributed by atoms with van der Waals surface area (Å²) >= 11 is 0. The summed E-state index contributed by atoms with van der Waals surface area (Å²) in [5, 5.41) is 33.9. The molecule has 0 aromatic heterocycles. The highest BCUT2D eigenvalue weighted by Gasteiger charge is 2.31. The molecule has 0 spiro atoms. The summed E-state index contributed by atoms with van der Waals surface area (Å²) in [6.45, 7) is 9.20. The Labute approximate surface area is 399 Å². The molecule has 0 bridgehead atoms. The summed E-state index contributed by atoms with van der Waals surface area (Å²) in [4.78, 5) is 0. The minimum Gasteiger partial charge on any atom is -0.507 e. The number of phenolic OH excluding ortho intramolecular Hbond substituents is 2. The molecule has 0 amide bonds. The van der Waals surface area contributed by atoms with E-state index in [0.29, 0.717) is 24.3 Å². The largest absolute Gasteiger partial charge is 0.507 e. The Balaban J connectivity index is 1.01. The lowest BCUT2D eigenvalue weighted by Gasteiger charge is -2.32. The van der Waals surface area contributed by atoms with Crippen molar-refractivity contribution in [3.05, 3.63) is 263 Å². The van der Waals surface area contributed by atoms with Crippen molar-refractivity contribution in [2.45, 2.75) is 51.4 Å². The fraction of sp³-hybridized carbons (Fsp3) is 0.121. The van der Waals surface area contributed by atoms with Crippen LogP contribution in [0.2, 0.25) is 0 Å². The zero-order chi connectivity index (χ0) is 46.6. The molecule has 11 aromatic carbocycles. The van der Waals surface area contributed by atoms with Gasteiger partial charge in [-0.2, -0.15) is 0 Å². The van der Waals surface area contributed by atoms with E-state index < -0.39 is 10.8 Å². The van der Waals surface area contributed by atoms with E-state index in [1.807, 2.05) is 0 Å². The van der Waals surface area contributed by atoms with E-state index in [1.165, 1.54) is 43.4 Å². The van der Waals surface area contributed by atoms with Gasteiger partial charge in [0.1, 0.15) is 11.5 Å². The number of hydrogen-bond donors (Lipinski definition) is 2. The topological polar surface area (TPSA) is 40.5 Å². The molecule has 0 fully saturated rings. The van der Waals surface area contributed by atoms with Crippen LogP contribution >= 0.6 is 0 Å². The van der Waals surface area contributed by atoms with Crippen LogP contribution in [-0.4, -0.2) is 10.2 Å². The maximum absolute atomic E-state index is 12.2. The second-order valence-corrected chi connectivity index (χ2v) is 19.7. The van der Waals surface area contributed by atoms with Crippen LogP contribution in [0.1, 0.15) is 72.2 Å². The van der Waals surface area contributed by atoms with Gasteiger partial charge in [-0.1, -0.05) is 222 Å². The van der Waals surface area contributed by atoms with Gasteiger partial charge in [0, 0.05) is 34.8 Å². The number of fused-ring (bicyclic) bond motifs is 4. The monoisotopic (exact) mass is 878 g/mol. The van der Waals surface area contributed by atoms with Crippen LogP contribution in [0.5, 0.6) is 11.5 Å². The first-order chi connectivity index (χ1) is 33.0. The predicted molar refractivity (Wildman–Crippen MR) is 286 cm³/mol. The Morgan fingerprint density at radius 3 is 1.01 bits per heavy atom. The van der Waals surface area contributed by atoms with Crippen molar-refractivity contribution in [3.8, 4) is 33.8 Å². The Morgan fingerprint density at radius 2 is 0.632 bits per heavy atom. The third-order valence-electron chi connectivity index (χ3n) is 14.7. The molecule has 2 N–H and O–H groups in total. The second-order valence-electron chi connectivity index (χ2n) is 19.7. The van der Waals surface area contributed by atoms with E-state index in [-0.39, 0.29) is 0 Å². The lowest BCUT2D eigenvalue weighted by Crippen LogP contribution is -2.23. The van der Waals surface area contributed by atoms with Crippen molar-refractivity contribution >= 4 is 43.1 Å². The minimum atomic E-state index is -0.448. The van der Waals surface area contributed by atoms with Gasteiger partial charge in [-0.15, -0.1) is 0 Å². The minimum absolute atomic E-state index is 0.317. The number of hydrogen-bond acceptors (Lipinski definition) is 2. The first-order valence-corrected chi connectivity index (χ1v) is 23.8. The standard InChI is InChI=1S/C66H54O2/c1-65(2,59-38-55(34-43-24-26-45-14-5-9-18-49(45)32-43)63(67)61(41-59)53-30-28-47-16-7-11-20-51(47)36-53)57-22-13-23-58(40-57)66(3,4)60-39-56(35-44-25-27-46-15-6-10-19-50(46)33-44)64(68)62(42-60)54-31-29-48-17-8-12-21-52(48)37-54/h5-33,36-42,67-68H,34-35H2,1-4H3. The van der Waals surface area contributed by atoms with Gasteiger partial charge in [0.15, 0.2) is 0 Å². The SMILES string of the molecule is CC(C)(c1cccc(C(C)(C)c2cc(Cc3ccc4ccccc4c3)c(O)c(-c3ccc4ccccc4c3)c2)c1)c1cc(Cc2ccc3ccccc3c2)c(O)c(-c2ccc3ccccc3c2)c1. The van der Waals surface area contributed by atoms with E-state index in [1.54, 1.807) is 0 Å². The normalized spacial score (nSPS) is 12.1. The Morgan fingerprint density at radius 1 is 0.294 bits per heavy atom. The molecule has 0 radical (unpaired) electrons. The molecule has 11 rings (SSSR count). The van der Waals surface area contributed by atoms with E-state index >= 15 is 0 Å². The van der Waals surface area contributed by atoms with Crippen molar-refractivity contribution in [2.75, 3.05) is 0 Å². The lowest BCUT2D eigenvalue weighted by molar-refractivity contribution is 0.470. The van der Waals surface area contributed by atoms with Crippen molar-refractivity contribution in [1.29, 1.82) is 0 Å². The fourth-order valence-electron chi connectivity index (χ4n) is 10.3. The molecule has 0 aliphatic carbocycles. The van der Waals surface area contributed by atoms with E-state index in [0.717, 1.165) is 66.4 Å². The molecule has 0 saturated carbocycles. The maximum Gasteiger partial charge on any atom is 0.126 e. The van der Waals surface area contributed by atoms with Crippen LogP contribution in [0.3, 0.4) is 0 Å². The molecule has 0 unspecified atom stereocenters. The molecule has 0 aliphatic heterocycles. The summed E-state index contributed by atoms with van der Waals surface area (Å²) in [7, 11) is 0. The molecule has 11 aromatic rings. The average Bonchev–Trinajstić information content (AvgIpc) is 3.37. The number of benzene rings is 11. The highest BCUT2D eigenvalue weighted by molar-refractivity contribution is 5.91.